The molecule has 1 aromatic carbocycles. The van der Waals surface area contributed by atoms with Crippen LogP contribution in [0.25, 0.3) is 0 Å². The van der Waals surface area contributed by atoms with Crippen LogP contribution in [-0.4, -0.2) is 54.5 Å². The minimum Gasteiger partial charge on any atom is -0.464 e. The maximum absolute atomic E-state index is 12.6. The molecule has 0 heterocycles. The Morgan fingerprint density at radius 3 is 2.31 bits per heavy atom. The number of unbranched alkanes of at least 4 members (excludes halogenated alkanes) is 2. The largest absolute Gasteiger partial charge is 0.464 e. The summed E-state index contributed by atoms with van der Waals surface area (Å²) in [5.74, 6) is -0.630. The number of nitrogens with zero attached hydrogens (tertiary/aromatic N) is 1. The van der Waals surface area contributed by atoms with E-state index in [4.69, 9.17) is 14.2 Å². The van der Waals surface area contributed by atoms with E-state index in [0.29, 0.717) is 6.54 Å². The van der Waals surface area contributed by atoms with E-state index >= 15 is 0 Å². The van der Waals surface area contributed by atoms with E-state index in [-0.39, 0.29) is 19.8 Å². The van der Waals surface area contributed by atoms with Crippen LogP contribution < -0.4 is 10.7 Å². The molecule has 0 aliphatic rings. The van der Waals surface area contributed by atoms with Crippen molar-refractivity contribution in [2.45, 2.75) is 72.1 Å². The minimum absolute atomic E-state index is 0.0648. The molecular weight excluding hydrogens is 414 g/mol. The quantitative estimate of drug-likeness (QED) is 0.216. The second kappa shape index (κ2) is 14.3. The zero-order chi connectivity index (χ0) is 24.0. The number of nitrogens with one attached hydrogen (secondary N) is 2. The number of rotatable bonds is 12. The lowest BCUT2D eigenvalue weighted by molar-refractivity contribution is -0.145. The zero-order valence-corrected chi connectivity index (χ0v) is 19.8. The van der Waals surface area contributed by atoms with Gasteiger partial charge in [-0.3, -0.25) is 0 Å². The lowest BCUT2D eigenvalue weighted by atomic mass is 10.2. The van der Waals surface area contributed by atoms with Gasteiger partial charge in [0.05, 0.1) is 6.61 Å². The van der Waals surface area contributed by atoms with Crippen molar-refractivity contribution < 1.29 is 28.6 Å². The normalized spacial score (nSPS) is 11.9. The first-order valence-electron chi connectivity index (χ1n) is 11.0. The molecule has 9 heteroatoms. The van der Waals surface area contributed by atoms with E-state index in [1.54, 1.807) is 27.7 Å². The summed E-state index contributed by atoms with van der Waals surface area (Å²) in [6, 6.07) is 8.15. The molecule has 0 aromatic heterocycles. The van der Waals surface area contributed by atoms with Crippen LogP contribution in [0, 0.1) is 0 Å². The van der Waals surface area contributed by atoms with Gasteiger partial charge in [-0.05, 0) is 39.7 Å². The van der Waals surface area contributed by atoms with Crippen molar-refractivity contribution in [1.82, 2.24) is 15.8 Å². The number of amides is 2. The van der Waals surface area contributed by atoms with E-state index in [0.717, 1.165) is 24.8 Å². The number of esters is 1. The van der Waals surface area contributed by atoms with Crippen LogP contribution in [0.4, 0.5) is 9.59 Å². The molecule has 0 saturated heterocycles. The van der Waals surface area contributed by atoms with Crippen molar-refractivity contribution in [3.63, 3.8) is 0 Å². The predicted octanol–water partition coefficient (Wildman–Crippen LogP) is 3.78. The Bertz CT molecular complexity index is 705. The molecule has 0 aliphatic carbocycles. The van der Waals surface area contributed by atoms with Gasteiger partial charge in [0, 0.05) is 13.1 Å². The molecular formula is C23H37N3O6. The van der Waals surface area contributed by atoms with E-state index < -0.39 is 29.8 Å². The lowest BCUT2D eigenvalue weighted by Gasteiger charge is -2.29. The predicted molar refractivity (Wildman–Crippen MR) is 121 cm³/mol. The fourth-order valence-electron chi connectivity index (χ4n) is 2.62. The highest BCUT2D eigenvalue weighted by molar-refractivity contribution is 5.81. The van der Waals surface area contributed by atoms with E-state index in [1.807, 2.05) is 30.3 Å². The second-order valence-electron chi connectivity index (χ2n) is 8.21. The number of carbonyl (C=O) groups is 3. The molecule has 2 amide bonds. The van der Waals surface area contributed by atoms with Crippen molar-refractivity contribution in [2.75, 3.05) is 19.7 Å². The fraction of sp³-hybridized carbons (Fsp3) is 0.609. The van der Waals surface area contributed by atoms with Crippen LogP contribution in [0.3, 0.4) is 0 Å². The molecule has 32 heavy (non-hydrogen) atoms. The van der Waals surface area contributed by atoms with Gasteiger partial charge >= 0.3 is 18.2 Å². The standard InChI is InChI=1S/C23H37N3O6/c1-6-8-12-15-26(22(29)32-23(3,4)5)24-16-19(20(27)30-7-2)25-21(28)31-17-18-13-10-9-11-14-18/h9-11,13-14,19,24H,6-8,12,15-17H2,1-5H3,(H,25,28). The molecule has 0 saturated carbocycles. The molecule has 0 bridgehead atoms. The highest BCUT2D eigenvalue weighted by Crippen LogP contribution is 2.10. The highest BCUT2D eigenvalue weighted by atomic mass is 16.6. The summed E-state index contributed by atoms with van der Waals surface area (Å²) in [6.45, 7) is 9.63. The summed E-state index contributed by atoms with van der Waals surface area (Å²) >= 11 is 0. The molecule has 0 aliphatic heterocycles. The third kappa shape index (κ3) is 11.5. The van der Waals surface area contributed by atoms with Gasteiger partial charge in [-0.1, -0.05) is 50.1 Å². The molecule has 9 nitrogen and oxygen atoms in total. The summed E-state index contributed by atoms with van der Waals surface area (Å²) in [7, 11) is 0. The van der Waals surface area contributed by atoms with Crippen molar-refractivity contribution >= 4 is 18.2 Å². The maximum atomic E-state index is 12.6. The SMILES string of the molecule is CCCCCN(NCC(NC(=O)OCc1ccccc1)C(=O)OCC)C(=O)OC(C)(C)C. The summed E-state index contributed by atoms with van der Waals surface area (Å²) in [5, 5.41) is 3.83. The van der Waals surface area contributed by atoms with Crippen LogP contribution >= 0.6 is 0 Å². The van der Waals surface area contributed by atoms with Gasteiger partial charge in [-0.25, -0.2) is 24.8 Å². The fourth-order valence-corrected chi connectivity index (χ4v) is 2.62. The van der Waals surface area contributed by atoms with Crippen molar-refractivity contribution in [3.8, 4) is 0 Å². The van der Waals surface area contributed by atoms with Crippen LogP contribution in [0.5, 0.6) is 0 Å². The molecule has 180 valence electrons. The summed E-state index contributed by atoms with van der Waals surface area (Å²) < 4.78 is 15.7. The molecule has 0 fully saturated rings. The Kier molecular flexibility index (Phi) is 12.2. The van der Waals surface area contributed by atoms with Gasteiger partial charge in [0.2, 0.25) is 0 Å². The van der Waals surface area contributed by atoms with Crippen LogP contribution in [0.2, 0.25) is 0 Å². The van der Waals surface area contributed by atoms with Crippen molar-refractivity contribution in [2.24, 2.45) is 0 Å². The summed E-state index contributed by atoms with van der Waals surface area (Å²) in [4.78, 5) is 37.2. The smallest absolute Gasteiger partial charge is 0.424 e. The number of alkyl carbamates (subject to hydrolysis) is 1. The van der Waals surface area contributed by atoms with Crippen molar-refractivity contribution in [1.29, 1.82) is 0 Å². The first-order chi connectivity index (χ1) is 15.2. The molecule has 1 rings (SSSR count). The van der Waals surface area contributed by atoms with Crippen molar-refractivity contribution in [3.05, 3.63) is 35.9 Å². The number of carbonyl (C=O) groups excluding carboxylic acids is 3. The van der Waals surface area contributed by atoms with Gasteiger partial charge < -0.3 is 19.5 Å². The Labute approximate surface area is 190 Å². The Morgan fingerprint density at radius 2 is 1.72 bits per heavy atom. The Hall–Kier alpha value is -2.81. The molecule has 0 radical (unpaired) electrons. The minimum atomic E-state index is -1.05. The van der Waals surface area contributed by atoms with E-state index in [1.165, 1.54) is 5.01 Å². The summed E-state index contributed by atoms with van der Waals surface area (Å²) in [6.07, 6.45) is 1.38. The zero-order valence-electron chi connectivity index (χ0n) is 19.8. The van der Waals surface area contributed by atoms with Gasteiger partial charge in [0.15, 0.2) is 0 Å². The molecule has 0 spiro atoms. The number of benzene rings is 1. The van der Waals surface area contributed by atoms with Gasteiger partial charge in [0.1, 0.15) is 18.2 Å². The monoisotopic (exact) mass is 451 g/mol. The molecule has 1 atom stereocenters. The first-order valence-corrected chi connectivity index (χ1v) is 11.0. The van der Waals surface area contributed by atoms with Crippen LogP contribution in [0.1, 0.15) is 59.4 Å². The number of hydrogen-bond donors (Lipinski definition) is 2. The van der Waals surface area contributed by atoms with Gasteiger partial charge in [-0.15, -0.1) is 0 Å². The van der Waals surface area contributed by atoms with Crippen LogP contribution in [-0.2, 0) is 25.6 Å². The highest BCUT2D eigenvalue weighted by Gasteiger charge is 2.27. The summed E-state index contributed by atoms with van der Waals surface area (Å²) in [5.41, 5.74) is 3.06. The second-order valence-corrected chi connectivity index (χ2v) is 8.21. The molecule has 1 unspecified atom stereocenters. The van der Waals surface area contributed by atoms with Crippen LogP contribution in [0.15, 0.2) is 30.3 Å². The number of hydrogen-bond acceptors (Lipinski definition) is 7. The average molecular weight is 452 g/mol. The third-order valence-corrected chi connectivity index (χ3v) is 4.16. The van der Waals surface area contributed by atoms with E-state index in [9.17, 15) is 14.4 Å². The Morgan fingerprint density at radius 1 is 1.03 bits per heavy atom. The Balaban J connectivity index is 2.74. The first kappa shape index (κ1) is 27.2. The third-order valence-electron chi connectivity index (χ3n) is 4.16. The average Bonchev–Trinajstić information content (AvgIpc) is 2.73. The number of hydrazine groups is 1. The lowest BCUT2D eigenvalue weighted by Crippen LogP contribution is -2.54. The topological polar surface area (TPSA) is 106 Å². The number of ether oxygens (including phenoxy) is 3. The molecule has 1 aromatic rings. The maximum Gasteiger partial charge on any atom is 0.424 e. The van der Waals surface area contributed by atoms with Gasteiger partial charge in [-0.2, -0.15) is 0 Å². The molecule has 2 N–H and O–H groups in total. The van der Waals surface area contributed by atoms with E-state index in [2.05, 4.69) is 17.7 Å². The van der Waals surface area contributed by atoms with Gasteiger partial charge in [0.25, 0.3) is 0 Å².